The van der Waals surface area contributed by atoms with Gasteiger partial charge >= 0.3 is 10.1 Å². The zero-order valence-corrected chi connectivity index (χ0v) is 19.5. The number of hydrogen-bond acceptors (Lipinski definition) is 7. The van der Waals surface area contributed by atoms with Gasteiger partial charge in [0.1, 0.15) is 10.6 Å². The molecule has 1 aliphatic rings. The first kappa shape index (κ1) is 23.3. The van der Waals surface area contributed by atoms with Crippen LogP contribution in [0.15, 0.2) is 93.7 Å². The largest absolute Gasteiger partial charge is 0.379 e. The molecule has 10 heteroatoms. The number of aliphatic imine (C=N–C) groups is 1. The van der Waals surface area contributed by atoms with Gasteiger partial charge in [0.05, 0.1) is 10.6 Å². The van der Waals surface area contributed by atoms with Gasteiger partial charge in [0.15, 0.2) is 5.17 Å². The van der Waals surface area contributed by atoms with Crippen molar-refractivity contribution in [3.05, 3.63) is 89.3 Å². The first-order chi connectivity index (χ1) is 16.3. The van der Waals surface area contributed by atoms with E-state index in [2.05, 4.69) is 15.6 Å². The number of nitrogens with zero attached hydrogens (tertiary/aromatic N) is 1. The van der Waals surface area contributed by atoms with Crippen molar-refractivity contribution in [2.24, 2.45) is 4.99 Å². The second-order valence-electron chi connectivity index (χ2n) is 7.13. The van der Waals surface area contributed by atoms with Crippen LogP contribution in [0.2, 0.25) is 0 Å². The number of carbonyl (C=O) groups excluding carboxylic acids is 2. The minimum atomic E-state index is -4.05. The van der Waals surface area contributed by atoms with E-state index in [0.717, 1.165) is 5.69 Å². The molecule has 0 aromatic heterocycles. The molecule has 1 fully saturated rings. The molecule has 3 aromatic carbocycles. The van der Waals surface area contributed by atoms with Gasteiger partial charge in [-0.15, -0.1) is 0 Å². The van der Waals surface area contributed by atoms with E-state index in [4.69, 9.17) is 4.18 Å². The van der Waals surface area contributed by atoms with Crippen molar-refractivity contribution in [2.45, 2.75) is 11.8 Å². The Morgan fingerprint density at radius 1 is 1.00 bits per heavy atom. The Morgan fingerprint density at radius 3 is 2.32 bits per heavy atom. The number of rotatable bonds is 6. The maximum Gasteiger partial charge on any atom is 0.339 e. The fourth-order valence-electron chi connectivity index (χ4n) is 2.95. The van der Waals surface area contributed by atoms with E-state index in [9.17, 15) is 18.0 Å². The molecule has 3 aromatic rings. The Morgan fingerprint density at radius 2 is 1.68 bits per heavy atom. The quantitative estimate of drug-likeness (QED) is 0.391. The van der Waals surface area contributed by atoms with Gasteiger partial charge in [0.25, 0.3) is 5.91 Å². The van der Waals surface area contributed by atoms with Crippen molar-refractivity contribution in [1.82, 2.24) is 5.32 Å². The van der Waals surface area contributed by atoms with Crippen LogP contribution in [0.3, 0.4) is 0 Å². The van der Waals surface area contributed by atoms with Crippen molar-refractivity contribution < 1.29 is 22.2 Å². The average Bonchev–Trinajstić information content (AvgIpc) is 3.14. The number of nitrogens with one attached hydrogen (secondary N) is 2. The minimum Gasteiger partial charge on any atom is -0.379 e. The fraction of sp³-hybridized carbons (Fsp3) is 0.0417. The summed E-state index contributed by atoms with van der Waals surface area (Å²) in [6.45, 7) is 1.36. The molecule has 34 heavy (non-hydrogen) atoms. The highest BCUT2D eigenvalue weighted by Gasteiger charge is 2.24. The molecule has 1 saturated heterocycles. The molecule has 4 rings (SSSR count). The van der Waals surface area contributed by atoms with Gasteiger partial charge in [-0.3, -0.25) is 9.59 Å². The predicted molar refractivity (Wildman–Crippen MR) is 132 cm³/mol. The SMILES string of the molecule is CC(=O)Nc1ccc(S(=O)(=O)Oc2ccc(/C=C3\SC(=Nc4ccccc4)NC3=O)cc2)cc1. The molecule has 0 radical (unpaired) electrons. The standard InChI is InChI=1S/C24H19N3O5S2/c1-16(28)25-19-9-13-21(14-10-19)34(30,31)32-20-11-7-17(8-12-20)15-22-23(29)27-24(33-22)26-18-5-3-2-4-6-18/h2-15H,1H3,(H,25,28)(H,26,27,29)/b22-15-. The van der Waals surface area contributed by atoms with Crippen LogP contribution in [0.4, 0.5) is 11.4 Å². The van der Waals surface area contributed by atoms with Gasteiger partial charge in [0, 0.05) is 12.6 Å². The maximum absolute atomic E-state index is 12.5. The average molecular weight is 494 g/mol. The predicted octanol–water partition coefficient (Wildman–Crippen LogP) is 4.30. The van der Waals surface area contributed by atoms with Gasteiger partial charge < -0.3 is 14.8 Å². The molecule has 0 aliphatic carbocycles. The van der Waals surface area contributed by atoms with Crippen LogP contribution in [0.1, 0.15) is 12.5 Å². The highest BCUT2D eigenvalue weighted by atomic mass is 32.2. The Bertz CT molecular complexity index is 1380. The van der Waals surface area contributed by atoms with Gasteiger partial charge in [0.2, 0.25) is 5.91 Å². The molecule has 0 spiro atoms. The molecule has 1 aliphatic heterocycles. The third-order valence-electron chi connectivity index (χ3n) is 4.48. The molecule has 172 valence electrons. The van der Waals surface area contributed by atoms with Crippen LogP contribution >= 0.6 is 11.8 Å². The number of amidine groups is 1. The molecule has 2 amide bonds. The molecular weight excluding hydrogens is 474 g/mol. The number of carbonyl (C=O) groups is 2. The van der Waals surface area contributed by atoms with Crippen molar-refractivity contribution in [1.29, 1.82) is 0 Å². The summed E-state index contributed by atoms with van der Waals surface area (Å²) in [6, 6.07) is 21.3. The monoisotopic (exact) mass is 493 g/mol. The molecule has 1 heterocycles. The third kappa shape index (κ3) is 5.91. The highest BCUT2D eigenvalue weighted by Crippen LogP contribution is 2.29. The lowest BCUT2D eigenvalue weighted by atomic mass is 10.2. The topological polar surface area (TPSA) is 114 Å². The lowest BCUT2D eigenvalue weighted by molar-refractivity contribution is -0.115. The molecule has 0 saturated carbocycles. The summed E-state index contributed by atoms with van der Waals surface area (Å²) >= 11 is 1.22. The Kier molecular flexibility index (Phi) is 6.80. The zero-order chi connectivity index (χ0) is 24.1. The van der Waals surface area contributed by atoms with Crippen LogP contribution in [0.5, 0.6) is 5.75 Å². The number of thioether (sulfide) groups is 1. The lowest BCUT2D eigenvalue weighted by Gasteiger charge is -2.08. The van der Waals surface area contributed by atoms with E-state index < -0.39 is 10.1 Å². The normalized spacial score (nSPS) is 15.9. The minimum absolute atomic E-state index is 0.0444. The number of anilines is 1. The van der Waals surface area contributed by atoms with Crippen molar-refractivity contribution in [2.75, 3.05) is 5.32 Å². The summed E-state index contributed by atoms with van der Waals surface area (Å²) in [5.74, 6) is -0.386. The van der Waals surface area contributed by atoms with E-state index in [1.165, 1.54) is 55.1 Å². The Labute approximate surface area is 200 Å². The number of amides is 2. The van der Waals surface area contributed by atoms with Crippen LogP contribution in [0, 0.1) is 0 Å². The van der Waals surface area contributed by atoms with Crippen LogP contribution in [-0.4, -0.2) is 25.4 Å². The van der Waals surface area contributed by atoms with Crippen molar-refractivity contribution in [3.63, 3.8) is 0 Å². The van der Waals surface area contributed by atoms with E-state index in [1.807, 2.05) is 30.3 Å². The Hall–Kier alpha value is -3.89. The van der Waals surface area contributed by atoms with Gasteiger partial charge in [-0.2, -0.15) is 8.42 Å². The number of hydrogen-bond donors (Lipinski definition) is 2. The summed E-state index contributed by atoms with van der Waals surface area (Å²) in [6.07, 6.45) is 1.69. The van der Waals surface area contributed by atoms with Crippen LogP contribution in [-0.2, 0) is 19.7 Å². The molecular formula is C24H19N3O5S2. The maximum atomic E-state index is 12.5. The summed E-state index contributed by atoms with van der Waals surface area (Å²) in [5, 5.41) is 5.78. The summed E-state index contributed by atoms with van der Waals surface area (Å²) in [7, 11) is -4.05. The third-order valence-corrected chi connectivity index (χ3v) is 6.66. The number of para-hydroxylation sites is 1. The second-order valence-corrected chi connectivity index (χ2v) is 9.71. The molecule has 2 N–H and O–H groups in total. The Balaban J connectivity index is 1.44. The first-order valence-electron chi connectivity index (χ1n) is 10.1. The van der Waals surface area contributed by atoms with E-state index in [0.29, 0.717) is 21.3 Å². The highest BCUT2D eigenvalue weighted by molar-refractivity contribution is 8.18. The molecule has 0 atom stereocenters. The fourth-order valence-corrected chi connectivity index (χ4v) is 4.73. The molecule has 0 bridgehead atoms. The van der Waals surface area contributed by atoms with Gasteiger partial charge in [-0.25, -0.2) is 4.99 Å². The van der Waals surface area contributed by atoms with Gasteiger partial charge in [-0.05, 0) is 71.9 Å². The zero-order valence-electron chi connectivity index (χ0n) is 17.9. The van der Waals surface area contributed by atoms with Gasteiger partial charge in [-0.1, -0.05) is 30.3 Å². The van der Waals surface area contributed by atoms with E-state index in [1.54, 1.807) is 18.2 Å². The second kappa shape index (κ2) is 9.94. The number of benzene rings is 3. The van der Waals surface area contributed by atoms with E-state index >= 15 is 0 Å². The summed E-state index contributed by atoms with van der Waals surface area (Å²) < 4.78 is 30.3. The van der Waals surface area contributed by atoms with Crippen LogP contribution < -0.4 is 14.8 Å². The van der Waals surface area contributed by atoms with E-state index in [-0.39, 0.29) is 22.5 Å². The van der Waals surface area contributed by atoms with Crippen molar-refractivity contribution >= 4 is 56.3 Å². The first-order valence-corrected chi connectivity index (χ1v) is 12.3. The molecule has 8 nitrogen and oxygen atoms in total. The van der Waals surface area contributed by atoms with Crippen molar-refractivity contribution in [3.8, 4) is 5.75 Å². The smallest absolute Gasteiger partial charge is 0.339 e. The summed E-state index contributed by atoms with van der Waals surface area (Å²) in [4.78, 5) is 28.2. The lowest BCUT2D eigenvalue weighted by Crippen LogP contribution is -2.19. The molecule has 0 unspecified atom stereocenters. The van der Waals surface area contributed by atoms with Crippen LogP contribution in [0.25, 0.3) is 6.08 Å². The summed E-state index contributed by atoms with van der Waals surface area (Å²) in [5.41, 5.74) is 1.91.